The lowest BCUT2D eigenvalue weighted by molar-refractivity contribution is 1.09. The van der Waals surface area contributed by atoms with E-state index in [4.69, 9.17) is 0 Å². The van der Waals surface area contributed by atoms with Crippen molar-refractivity contribution >= 4 is 39.6 Å². The normalized spacial score (nSPS) is 11.6. The SMILES string of the molecule is BrC(/C=N\N(c1ccccc1)c1ccccc1)=C\c1ccccc1. The van der Waals surface area contributed by atoms with Gasteiger partial charge in [0.2, 0.25) is 0 Å². The van der Waals surface area contributed by atoms with Crippen LogP contribution in [0.1, 0.15) is 5.56 Å². The number of hydrogen-bond donors (Lipinski definition) is 0. The maximum atomic E-state index is 4.65. The molecular weight excluding hydrogens is 360 g/mol. The third kappa shape index (κ3) is 4.43. The van der Waals surface area contributed by atoms with Crippen molar-refractivity contribution in [2.45, 2.75) is 0 Å². The fourth-order valence-corrected chi connectivity index (χ4v) is 2.64. The molecule has 0 aliphatic heterocycles. The molecule has 0 amide bonds. The van der Waals surface area contributed by atoms with Gasteiger partial charge in [0.05, 0.1) is 17.6 Å². The van der Waals surface area contributed by atoms with E-state index in [9.17, 15) is 0 Å². The molecule has 0 aliphatic carbocycles. The van der Waals surface area contributed by atoms with E-state index in [1.54, 1.807) is 0 Å². The number of anilines is 2. The van der Waals surface area contributed by atoms with Crippen molar-refractivity contribution in [3.63, 3.8) is 0 Å². The molecular formula is C21H17BrN2. The highest BCUT2D eigenvalue weighted by molar-refractivity contribution is 9.12. The summed E-state index contributed by atoms with van der Waals surface area (Å²) in [5, 5.41) is 6.57. The molecule has 0 saturated carbocycles. The Morgan fingerprint density at radius 3 is 1.67 bits per heavy atom. The molecule has 0 spiro atoms. The van der Waals surface area contributed by atoms with Crippen molar-refractivity contribution in [3.05, 3.63) is 101 Å². The Bertz CT molecular complexity index is 773. The van der Waals surface area contributed by atoms with Gasteiger partial charge in [0.15, 0.2) is 0 Å². The van der Waals surface area contributed by atoms with Crippen LogP contribution in [0, 0.1) is 0 Å². The number of benzene rings is 3. The second kappa shape index (κ2) is 8.27. The molecule has 0 bridgehead atoms. The number of nitrogens with zero attached hydrogens (tertiary/aromatic N) is 2. The van der Waals surface area contributed by atoms with Crippen LogP contribution in [0.5, 0.6) is 0 Å². The van der Waals surface area contributed by atoms with Crippen LogP contribution < -0.4 is 5.01 Å². The predicted molar refractivity (Wildman–Crippen MR) is 107 cm³/mol. The Kier molecular flexibility index (Phi) is 5.59. The molecule has 0 N–H and O–H groups in total. The fourth-order valence-electron chi connectivity index (χ4n) is 2.28. The quantitative estimate of drug-likeness (QED) is 0.379. The van der Waals surface area contributed by atoms with Gasteiger partial charge in [0, 0.05) is 4.48 Å². The highest BCUT2D eigenvalue weighted by atomic mass is 79.9. The van der Waals surface area contributed by atoms with E-state index >= 15 is 0 Å². The smallest absolute Gasteiger partial charge is 0.0652 e. The summed E-state index contributed by atoms with van der Waals surface area (Å²) in [5.74, 6) is 0. The summed E-state index contributed by atoms with van der Waals surface area (Å²) < 4.78 is 0.908. The zero-order valence-electron chi connectivity index (χ0n) is 13.1. The Labute approximate surface area is 150 Å². The van der Waals surface area contributed by atoms with E-state index in [0.717, 1.165) is 21.4 Å². The zero-order chi connectivity index (χ0) is 16.6. The summed E-state index contributed by atoms with van der Waals surface area (Å²) in [6.45, 7) is 0. The van der Waals surface area contributed by atoms with Crippen molar-refractivity contribution in [2.75, 3.05) is 5.01 Å². The largest absolute Gasteiger partial charge is 0.234 e. The molecule has 24 heavy (non-hydrogen) atoms. The number of halogens is 1. The topological polar surface area (TPSA) is 15.6 Å². The van der Waals surface area contributed by atoms with Gasteiger partial charge in [-0.25, -0.2) is 5.01 Å². The van der Waals surface area contributed by atoms with Crippen LogP contribution in [0.15, 0.2) is 101 Å². The minimum atomic E-state index is 0.908. The Hall–Kier alpha value is -2.65. The Morgan fingerprint density at radius 1 is 0.708 bits per heavy atom. The highest BCUT2D eigenvalue weighted by Gasteiger charge is 2.06. The minimum Gasteiger partial charge on any atom is -0.234 e. The van der Waals surface area contributed by atoms with Crippen molar-refractivity contribution in [2.24, 2.45) is 5.10 Å². The molecule has 0 saturated heterocycles. The molecule has 0 heterocycles. The monoisotopic (exact) mass is 376 g/mol. The molecule has 0 atom stereocenters. The van der Waals surface area contributed by atoms with Crippen LogP contribution >= 0.6 is 15.9 Å². The molecule has 3 heteroatoms. The van der Waals surface area contributed by atoms with E-state index in [-0.39, 0.29) is 0 Å². The lowest BCUT2D eigenvalue weighted by Crippen LogP contribution is -2.08. The van der Waals surface area contributed by atoms with E-state index in [1.165, 1.54) is 0 Å². The van der Waals surface area contributed by atoms with Gasteiger partial charge in [-0.2, -0.15) is 5.10 Å². The van der Waals surface area contributed by atoms with Crippen LogP contribution in [0.25, 0.3) is 6.08 Å². The van der Waals surface area contributed by atoms with Crippen LogP contribution in [0.2, 0.25) is 0 Å². The number of para-hydroxylation sites is 2. The Balaban J connectivity index is 1.88. The van der Waals surface area contributed by atoms with Gasteiger partial charge >= 0.3 is 0 Å². The van der Waals surface area contributed by atoms with Gasteiger partial charge < -0.3 is 0 Å². The summed E-state index contributed by atoms with van der Waals surface area (Å²) in [6.07, 6.45) is 3.85. The zero-order valence-corrected chi connectivity index (χ0v) is 14.7. The summed E-state index contributed by atoms with van der Waals surface area (Å²) in [6, 6.07) is 30.4. The maximum Gasteiger partial charge on any atom is 0.0652 e. The van der Waals surface area contributed by atoms with Gasteiger partial charge in [-0.1, -0.05) is 66.7 Å². The molecule has 0 unspecified atom stereocenters. The van der Waals surface area contributed by atoms with E-state index in [0.29, 0.717) is 0 Å². The third-order valence-corrected chi connectivity index (χ3v) is 3.84. The molecule has 0 radical (unpaired) electrons. The first-order valence-electron chi connectivity index (χ1n) is 7.69. The van der Waals surface area contributed by atoms with Crippen LogP contribution in [-0.2, 0) is 0 Å². The second-order valence-electron chi connectivity index (χ2n) is 5.17. The van der Waals surface area contributed by atoms with Crippen LogP contribution in [0.4, 0.5) is 11.4 Å². The fraction of sp³-hybridized carbons (Fsp3) is 0. The van der Waals surface area contributed by atoms with Crippen molar-refractivity contribution in [1.82, 2.24) is 0 Å². The predicted octanol–water partition coefficient (Wildman–Crippen LogP) is 6.25. The van der Waals surface area contributed by atoms with Crippen LogP contribution in [0.3, 0.4) is 0 Å². The standard InChI is InChI=1S/C21H17BrN2/c22-19(16-18-10-4-1-5-11-18)17-23-24(20-12-6-2-7-13-20)21-14-8-3-9-15-21/h1-17H/b19-16-,23-17-. The molecule has 0 aromatic heterocycles. The number of allylic oxidation sites excluding steroid dienone is 1. The van der Waals surface area contributed by atoms with Crippen molar-refractivity contribution < 1.29 is 0 Å². The van der Waals surface area contributed by atoms with E-state index in [2.05, 4.69) is 33.2 Å². The molecule has 3 aromatic rings. The number of rotatable bonds is 5. The van der Waals surface area contributed by atoms with Crippen molar-refractivity contribution in [1.29, 1.82) is 0 Å². The molecule has 0 fully saturated rings. The number of hydrogen-bond acceptors (Lipinski definition) is 2. The van der Waals surface area contributed by atoms with Crippen molar-refractivity contribution in [3.8, 4) is 0 Å². The maximum absolute atomic E-state index is 4.65. The summed E-state index contributed by atoms with van der Waals surface area (Å²) in [5.41, 5.74) is 3.15. The first kappa shape index (κ1) is 16.2. The number of hydrazone groups is 1. The average Bonchev–Trinajstić information content (AvgIpc) is 2.64. The summed E-state index contributed by atoms with van der Waals surface area (Å²) in [4.78, 5) is 0. The van der Waals surface area contributed by atoms with Gasteiger partial charge in [-0.15, -0.1) is 0 Å². The van der Waals surface area contributed by atoms with Gasteiger partial charge in [0.1, 0.15) is 0 Å². The lowest BCUT2D eigenvalue weighted by Gasteiger charge is -2.19. The molecule has 118 valence electrons. The first-order valence-corrected chi connectivity index (χ1v) is 8.49. The van der Waals surface area contributed by atoms with E-state index < -0.39 is 0 Å². The highest BCUT2D eigenvalue weighted by Crippen LogP contribution is 2.25. The molecule has 3 rings (SSSR count). The average molecular weight is 377 g/mol. The lowest BCUT2D eigenvalue weighted by atomic mass is 10.2. The third-order valence-electron chi connectivity index (χ3n) is 3.40. The van der Waals surface area contributed by atoms with Gasteiger partial charge in [-0.3, -0.25) is 0 Å². The van der Waals surface area contributed by atoms with Crippen LogP contribution in [-0.4, -0.2) is 6.21 Å². The van der Waals surface area contributed by atoms with Gasteiger partial charge in [-0.05, 0) is 51.8 Å². The molecule has 3 aromatic carbocycles. The summed E-state index contributed by atoms with van der Waals surface area (Å²) in [7, 11) is 0. The molecule has 2 nitrogen and oxygen atoms in total. The second-order valence-corrected chi connectivity index (χ2v) is 6.08. The summed E-state index contributed by atoms with van der Waals surface area (Å²) >= 11 is 3.57. The Morgan fingerprint density at radius 2 is 1.17 bits per heavy atom. The molecule has 0 aliphatic rings. The minimum absolute atomic E-state index is 0.908. The first-order chi connectivity index (χ1) is 11.8. The van der Waals surface area contributed by atoms with Gasteiger partial charge in [0.25, 0.3) is 0 Å². The van der Waals surface area contributed by atoms with E-state index in [1.807, 2.05) is 96.2 Å².